The number of allylic oxidation sites excluding steroid dienone is 2. The van der Waals surface area contributed by atoms with Gasteiger partial charge in [0.15, 0.2) is 0 Å². The number of nitrogens with zero attached hydrogens (tertiary/aromatic N) is 4. The first-order chi connectivity index (χ1) is 19.6. The van der Waals surface area contributed by atoms with Gasteiger partial charge in [0.1, 0.15) is 17.9 Å². The van der Waals surface area contributed by atoms with Crippen LogP contribution in [-0.4, -0.2) is 47.5 Å². The molecule has 228 valence electrons. The number of anilines is 1. The summed E-state index contributed by atoms with van der Waals surface area (Å²) in [4.78, 5) is 23.4. The molecule has 0 bridgehead atoms. The van der Waals surface area contributed by atoms with E-state index in [1.165, 1.54) is 24.8 Å². The van der Waals surface area contributed by atoms with Gasteiger partial charge in [-0.05, 0) is 38.3 Å². The second kappa shape index (κ2) is 21.4. The van der Waals surface area contributed by atoms with E-state index in [0.29, 0.717) is 12.2 Å². The van der Waals surface area contributed by atoms with Gasteiger partial charge < -0.3 is 20.3 Å². The Hall–Kier alpha value is -3.40. The maximum absolute atomic E-state index is 14.1. The largest absolute Gasteiger partial charge is 0.385 e. The van der Waals surface area contributed by atoms with Gasteiger partial charge in [-0.15, -0.1) is 0 Å². The van der Waals surface area contributed by atoms with Crippen molar-refractivity contribution >= 4 is 29.9 Å². The van der Waals surface area contributed by atoms with E-state index in [0.717, 1.165) is 55.2 Å². The molecule has 0 spiro atoms. The lowest BCUT2D eigenvalue weighted by Crippen LogP contribution is -2.36. The molecule has 0 amide bonds. The van der Waals surface area contributed by atoms with Crippen molar-refractivity contribution < 1.29 is 18.0 Å². The fourth-order valence-corrected chi connectivity index (χ4v) is 3.96. The molecule has 7 nitrogen and oxygen atoms in total. The highest BCUT2D eigenvalue weighted by Crippen LogP contribution is 2.26. The number of alkyl halides is 2. The molecule has 0 radical (unpaired) electrons. The summed E-state index contributed by atoms with van der Waals surface area (Å²) in [5.74, 6) is -0.380. The highest BCUT2D eigenvalue weighted by molar-refractivity contribution is 6.28. The van der Waals surface area contributed by atoms with Crippen LogP contribution in [0.5, 0.6) is 0 Å². The molecule has 0 saturated heterocycles. The standard InChI is InChI=1S/C17H19ClF3N3.C9H15N3.C2H4O.C2H6/c1-3-6-13-11(4-2)16(24-17(18)23-13)22-9-10-7-5-8-12(14(10)19)15(20)21;1-4-10-7-9-8(2)11-5-6-12(9)3;1-2-3;1-2/h5,7-8,15H,3-4,6,9H2,1-2H3,(H,22,23,24);4,7,11H,1,5-6H2,2-3H3;2H,1H3;1-2H3. The van der Waals surface area contributed by atoms with Gasteiger partial charge in [0, 0.05) is 49.7 Å². The Labute approximate surface area is 248 Å². The molecule has 0 atom stereocenters. The van der Waals surface area contributed by atoms with Crippen molar-refractivity contribution in [2.24, 2.45) is 4.99 Å². The SMILES string of the molecule is C=CN=CC1=C(C)NCCN1C.CC.CC=O.CCCc1nc(Cl)nc(NCc2cccc(C(F)F)c2F)c1CC. The summed E-state index contributed by atoms with van der Waals surface area (Å²) >= 11 is 5.96. The second-order valence-electron chi connectivity index (χ2n) is 8.40. The van der Waals surface area contributed by atoms with Gasteiger partial charge >= 0.3 is 0 Å². The average molecular weight is 597 g/mol. The molecule has 0 saturated carbocycles. The number of hydrogen-bond donors (Lipinski definition) is 2. The first-order valence-corrected chi connectivity index (χ1v) is 14.1. The number of aliphatic imine (C=N–C) groups is 1. The minimum absolute atomic E-state index is 0.0400. The van der Waals surface area contributed by atoms with Gasteiger partial charge in [-0.1, -0.05) is 58.9 Å². The van der Waals surface area contributed by atoms with E-state index >= 15 is 0 Å². The minimum Gasteiger partial charge on any atom is -0.385 e. The summed E-state index contributed by atoms with van der Waals surface area (Å²) < 4.78 is 39.7. The molecule has 0 fully saturated rings. The molecule has 2 heterocycles. The van der Waals surface area contributed by atoms with Crippen LogP contribution in [0.15, 0.2) is 47.4 Å². The molecular weight excluding hydrogens is 553 g/mol. The molecule has 0 unspecified atom stereocenters. The third kappa shape index (κ3) is 12.8. The summed E-state index contributed by atoms with van der Waals surface area (Å²) in [6, 6.07) is 3.97. The normalized spacial score (nSPS) is 12.3. The number of halogens is 4. The average Bonchev–Trinajstić information content (AvgIpc) is 2.94. The van der Waals surface area contributed by atoms with Crippen molar-refractivity contribution in [3.63, 3.8) is 0 Å². The second-order valence-corrected chi connectivity index (χ2v) is 8.74. The number of nitrogens with one attached hydrogen (secondary N) is 2. The first-order valence-electron chi connectivity index (χ1n) is 13.7. The molecule has 2 aromatic rings. The number of aromatic nitrogens is 2. The molecule has 0 aliphatic carbocycles. The first kappa shape index (κ1) is 37.6. The van der Waals surface area contributed by atoms with Crippen molar-refractivity contribution in [1.82, 2.24) is 20.2 Å². The van der Waals surface area contributed by atoms with Gasteiger partial charge in [0.2, 0.25) is 5.28 Å². The lowest BCUT2D eigenvalue weighted by atomic mass is 10.1. The van der Waals surface area contributed by atoms with Crippen LogP contribution in [0.1, 0.15) is 76.8 Å². The molecule has 41 heavy (non-hydrogen) atoms. The molecule has 1 aromatic heterocycles. The Morgan fingerprint density at radius 1 is 1.27 bits per heavy atom. The van der Waals surface area contributed by atoms with Crippen LogP contribution in [0.4, 0.5) is 19.0 Å². The Morgan fingerprint density at radius 2 is 1.93 bits per heavy atom. The monoisotopic (exact) mass is 596 g/mol. The Kier molecular flexibility index (Phi) is 19.6. The summed E-state index contributed by atoms with van der Waals surface area (Å²) in [5, 5.41) is 6.40. The Morgan fingerprint density at radius 3 is 2.46 bits per heavy atom. The predicted octanol–water partition coefficient (Wildman–Crippen LogP) is 7.53. The van der Waals surface area contributed by atoms with E-state index in [2.05, 4.69) is 51.0 Å². The zero-order valence-electron chi connectivity index (χ0n) is 25.2. The highest BCUT2D eigenvalue weighted by atomic mass is 35.5. The Bertz CT molecular complexity index is 1140. The van der Waals surface area contributed by atoms with Crippen LogP contribution in [0.2, 0.25) is 5.28 Å². The van der Waals surface area contributed by atoms with Crippen LogP contribution in [0.3, 0.4) is 0 Å². The summed E-state index contributed by atoms with van der Waals surface area (Å²) in [7, 11) is 2.06. The third-order valence-corrected chi connectivity index (χ3v) is 5.80. The van der Waals surface area contributed by atoms with E-state index in [4.69, 9.17) is 16.4 Å². The number of benzene rings is 1. The van der Waals surface area contributed by atoms with Crippen molar-refractivity contribution in [3.05, 3.63) is 75.9 Å². The summed E-state index contributed by atoms with van der Waals surface area (Å²) in [6.07, 6.45) is 3.63. The number of rotatable bonds is 9. The number of carbonyl (C=O) groups is 1. The molecule has 11 heteroatoms. The van der Waals surface area contributed by atoms with Crippen LogP contribution >= 0.6 is 11.6 Å². The molecular formula is C30H44ClF3N6O. The highest BCUT2D eigenvalue weighted by Gasteiger charge is 2.17. The zero-order valence-corrected chi connectivity index (χ0v) is 26.0. The van der Waals surface area contributed by atoms with Crippen LogP contribution in [0.25, 0.3) is 0 Å². The van der Waals surface area contributed by atoms with E-state index in [1.54, 1.807) is 6.20 Å². The van der Waals surface area contributed by atoms with Gasteiger partial charge in [-0.25, -0.2) is 23.1 Å². The number of likely N-dealkylation sites (N-methyl/N-ethyl adjacent to an activating group) is 1. The zero-order chi connectivity index (χ0) is 31.4. The smallest absolute Gasteiger partial charge is 0.266 e. The number of aryl methyl sites for hydroxylation is 1. The Balaban J connectivity index is 0.000000785. The van der Waals surface area contributed by atoms with E-state index in [9.17, 15) is 13.2 Å². The number of carbonyl (C=O) groups excluding carboxylic acids is 1. The summed E-state index contributed by atoms with van der Waals surface area (Å²) in [6.45, 7) is 17.1. The predicted molar refractivity (Wildman–Crippen MR) is 164 cm³/mol. The topological polar surface area (TPSA) is 82.5 Å². The maximum Gasteiger partial charge on any atom is 0.266 e. The maximum atomic E-state index is 14.1. The molecule has 3 rings (SSSR count). The lowest BCUT2D eigenvalue weighted by molar-refractivity contribution is -0.106. The van der Waals surface area contributed by atoms with E-state index < -0.39 is 17.8 Å². The van der Waals surface area contributed by atoms with Crippen molar-refractivity contribution in [3.8, 4) is 0 Å². The number of aldehydes is 1. The summed E-state index contributed by atoms with van der Waals surface area (Å²) in [5.41, 5.74) is 3.63. The lowest BCUT2D eigenvalue weighted by Gasteiger charge is -2.27. The molecule has 1 aromatic carbocycles. The van der Waals surface area contributed by atoms with E-state index in [1.807, 2.05) is 33.9 Å². The van der Waals surface area contributed by atoms with Crippen molar-refractivity contribution in [2.75, 3.05) is 25.5 Å². The van der Waals surface area contributed by atoms with Gasteiger partial charge in [0.25, 0.3) is 6.43 Å². The molecule has 2 N–H and O–H groups in total. The number of hydrogen-bond acceptors (Lipinski definition) is 7. The van der Waals surface area contributed by atoms with Crippen molar-refractivity contribution in [1.29, 1.82) is 0 Å². The van der Waals surface area contributed by atoms with Gasteiger partial charge in [0.05, 0.1) is 23.2 Å². The molecule has 1 aliphatic heterocycles. The third-order valence-electron chi connectivity index (χ3n) is 5.63. The molecule has 1 aliphatic rings. The quantitative estimate of drug-likeness (QED) is 0.177. The van der Waals surface area contributed by atoms with Gasteiger partial charge in [-0.3, -0.25) is 4.99 Å². The van der Waals surface area contributed by atoms with Crippen LogP contribution < -0.4 is 10.6 Å². The van der Waals surface area contributed by atoms with Crippen molar-refractivity contribution in [2.45, 2.75) is 73.8 Å². The van der Waals surface area contributed by atoms with Crippen LogP contribution in [-0.2, 0) is 24.2 Å². The van der Waals surface area contributed by atoms with Gasteiger partial charge in [-0.2, -0.15) is 0 Å². The minimum atomic E-state index is -2.85. The van der Waals surface area contributed by atoms with E-state index in [-0.39, 0.29) is 17.4 Å². The van der Waals surface area contributed by atoms with Crippen LogP contribution in [0, 0.1) is 5.82 Å². The fraction of sp³-hybridized carbons (Fsp3) is 0.467. The fourth-order valence-electron chi connectivity index (χ4n) is 3.77.